The van der Waals surface area contributed by atoms with E-state index in [1.54, 1.807) is 35.6 Å². The lowest BCUT2D eigenvalue weighted by Gasteiger charge is -2.13. The summed E-state index contributed by atoms with van der Waals surface area (Å²) >= 11 is 1.59. The van der Waals surface area contributed by atoms with Crippen LogP contribution in [0.5, 0.6) is 0 Å². The third-order valence-electron chi connectivity index (χ3n) is 4.73. The molecule has 1 heterocycles. The molecule has 4 rings (SSSR count). The van der Waals surface area contributed by atoms with Gasteiger partial charge in [-0.2, -0.15) is 0 Å². The summed E-state index contributed by atoms with van der Waals surface area (Å²) in [5, 5.41) is 7.63. The molecular formula is C25H19FN2O2S. The average Bonchev–Trinajstić information content (AvgIpc) is 3.31. The third kappa shape index (κ3) is 4.70. The first-order valence-corrected chi connectivity index (χ1v) is 10.5. The van der Waals surface area contributed by atoms with Gasteiger partial charge in [0.1, 0.15) is 5.82 Å². The normalized spacial score (nSPS) is 10.5. The van der Waals surface area contributed by atoms with Gasteiger partial charge in [0, 0.05) is 21.8 Å². The van der Waals surface area contributed by atoms with Crippen LogP contribution in [0.25, 0.3) is 10.4 Å². The first-order chi connectivity index (χ1) is 15.0. The first kappa shape index (κ1) is 20.5. The molecule has 2 amide bonds. The molecule has 0 radical (unpaired) electrons. The van der Waals surface area contributed by atoms with Gasteiger partial charge in [0.15, 0.2) is 0 Å². The smallest absolute Gasteiger partial charge is 0.256 e. The van der Waals surface area contributed by atoms with E-state index in [0.717, 1.165) is 16.0 Å². The fourth-order valence-corrected chi connectivity index (χ4v) is 3.96. The highest BCUT2D eigenvalue weighted by Gasteiger charge is 2.18. The number of carbonyl (C=O) groups is 2. The molecule has 2 N–H and O–H groups in total. The van der Waals surface area contributed by atoms with Crippen LogP contribution in [0.1, 0.15) is 26.3 Å². The van der Waals surface area contributed by atoms with E-state index in [1.807, 2.05) is 42.6 Å². The molecule has 31 heavy (non-hydrogen) atoms. The van der Waals surface area contributed by atoms with Crippen LogP contribution in [0.4, 0.5) is 15.8 Å². The van der Waals surface area contributed by atoms with E-state index in [-0.39, 0.29) is 17.0 Å². The summed E-state index contributed by atoms with van der Waals surface area (Å²) in [6.45, 7) is 2.00. The van der Waals surface area contributed by atoms with Crippen LogP contribution in [0.3, 0.4) is 0 Å². The number of rotatable bonds is 5. The van der Waals surface area contributed by atoms with Gasteiger partial charge in [0.2, 0.25) is 0 Å². The summed E-state index contributed by atoms with van der Waals surface area (Å²) in [6, 6.07) is 21.8. The van der Waals surface area contributed by atoms with Crippen LogP contribution >= 0.6 is 11.3 Å². The Labute approximate surface area is 183 Å². The molecule has 0 fully saturated rings. The number of hydrogen-bond acceptors (Lipinski definition) is 3. The number of benzene rings is 3. The Morgan fingerprint density at radius 2 is 1.48 bits per heavy atom. The fourth-order valence-electron chi connectivity index (χ4n) is 3.20. The van der Waals surface area contributed by atoms with Crippen LogP contribution in [-0.4, -0.2) is 11.8 Å². The van der Waals surface area contributed by atoms with Gasteiger partial charge in [-0.3, -0.25) is 9.59 Å². The summed E-state index contributed by atoms with van der Waals surface area (Å²) in [7, 11) is 0. The number of anilines is 2. The topological polar surface area (TPSA) is 58.2 Å². The van der Waals surface area contributed by atoms with Crippen molar-refractivity contribution in [3.05, 3.63) is 107 Å². The van der Waals surface area contributed by atoms with Gasteiger partial charge in [0.05, 0.1) is 11.1 Å². The van der Waals surface area contributed by atoms with Gasteiger partial charge < -0.3 is 10.6 Å². The Balaban J connectivity index is 1.61. The molecule has 0 aliphatic heterocycles. The Hall–Kier alpha value is -3.77. The lowest BCUT2D eigenvalue weighted by molar-refractivity contribution is 0.0990. The molecule has 0 unspecified atom stereocenters. The van der Waals surface area contributed by atoms with Crippen LogP contribution in [-0.2, 0) is 0 Å². The highest BCUT2D eigenvalue weighted by atomic mass is 32.1. The Morgan fingerprint density at radius 3 is 2.13 bits per heavy atom. The maximum Gasteiger partial charge on any atom is 0.256 e. The van der Waals surface area contributed by atoms with Gasteiger partial charge in [-0.05, 0) is 66.9 Å². The van der Waals surface area contributed by atoms with Crippen molar-refractivity contribution < 1.29 is 14.0 Å². The van der Waals surface area contributed by atoms with Crippen molar-refractivity contribution in [1.29, 1.82) is 0 Å². The molecule has 0 saturated heterocycles. The lowest BCUT2D eigenvalue weighted by atomic mass is 10.0. The SMILES string of the molecule is Cc1ccc(NC(=O)c2ccccc2C(=O)Nc2ccc(F)cc2)c(-c2cccs2)c1. The van der Waals surface area contributed by atoms with Crippen molar-refractivity contribution in [1.82, 2.24) is 0 Å². The molecule has 0 aliphatic rings. The number of carbonyl (C=O) groups excluding carboxylic acids is 2. The molecule has 0 atom stereocenters. The van der Waals surface area contributed by atoms with Crippen LogP contribution < -0.4 is 10.6 Å². The van der Waals surface area contributed by atoms with Gasteiger partial charge >= 0.3 is 0 Å². The standard InChI is InChI=1S/C25H19FN2O2S/c1-16-8-13-22(21(15-16)23-7-4-14-31-23)28-25(30)20-6-3-2-5-19(20)24(29)27-18-11-9-17(26)10-12-18/h2-15H,1H3,(H,27,29)(H,28,30). The molecule has 3 aromatic carbocycles. The minimum Gasteiger partial charge on any atom is -0.322 e. The number of thiophene rings is 1. The summed E-state index contributed by atoms with van der Waals surface area (Å²) in [5.41, 5.74) is 3.61. The quantitative estimate of drug-likeness (QED) is 0.387. The minimum atomic E-state index is -0.445. The van der Waals surface area contributed by atoms with E-state index in [1.165, 1.54) is 24.3 Å². The van der Waals surface area contributed by atoms with E-state index >= 15 is 0 Å². The van der Waals surface area contributed by atoms with Crippen LogP contribution in [0, 0.1) is 12.7 Å². The zero-order valence-electron chi connectivity index (χ0n) is 16.7. The number of amides is 2. The average molecular weight is 431 g/mol. The number of hydrogen-bond donors (Lipinski definition) is 2. The minimum absolute atomic E-state index is 0.231. The van der Waals surface area contributed by atoms with Crippen molar-refractivity contribution >= 4 is 34.5 Å². The number of aryl methyl sites for hydroxylation is 1. The Kier molecular flexibility index (Phi) is 5.91. The number of halogens is 1. The summed E-state index contributed by atoms with van der Waals surface area (Å²) in [4.78, 5) is 26.9. The second-order valence-electron chi connectivity index (χ2n) is 6.99. The molecule has 0 aliphatic carbocycles. The first-order valence-electron chi connectivity index (χ1n) is 9.63. The molecule has 154 valence electrons. The van der Waals surface area contributed by atoms with E-state index in [2.05, 4.69) is 10.6 Å². The van der Waals surface area contributed by atoms with Crippen molar-refractivity contribution in [2.75, 3.05) is 10.6 Å². The van der Waals surface area contributed by atoms with Crippen molar-refractivity contribution in [3.63, 3.8) is 0 Å². The van der Waals surface area contributed by atoms with Gasteiger partial charge in [-0.1, -0.05) is 29.8 Å². The van der Waals surface area contributed by atoms with E-state index in [0.29, 0.717) is 11.4 Å². The van der Waals surface area contributed by atoms with Gasteiger partial charge in [-0.15, -0.1) is 11.3 Å². The van der Waals surface area contributed by atoms with E-state index < -0.39 is 11.7 Å². The van der Waals surface area contributed by atoms with Crippen molar-refractivity contribution in [2.45, 2.75) is 6.92 Å². The van der Waals surface area contributed by atoms with Gasteiger partial charge in [0.25, 0.3) is 11.8 Å². The highest BCUT2D eigenvalue weighted by Crippen LogP contribution is 2.33. The Morgan fingerprint density at radius 1 is 0.806 bits per heavy atom. The maximum atomic E-state index is 13.1. The highest BCUT2D eigenvalue weighted by molar-refractivity contribution is 7.13. The molecule has 0 saturated carbocycles. The second kappa shape index (κ2) is 8.93. The monoisotopic (exact) mass is 430 g/mol. The van der Waals surface area contributed by atoms with Crippen molar-refractivity contribution in [2.24, 2.45) is 0 Å². The maximum absolute atomic E-state index is 13.1. The second-order valence-corrected chi connectivity index (χ2v) is 7.93. The van der Waals surface area contributed by atoms with Crippen LogP contribution in [0.2, 0.25) is 0 Å². The molecular weight excluding hydrogens is 411 g/mol. The summed E-state index contributed by atoms with van der Waals surface area (Å²) < 4.78 is 13.1. The molecule has 4 aromatic rings. The zero-order chi connectivity index (χ0) is 21.8. The molecule has 4 nitrogen and oxygen atoms in total. The Bertz CT molecular complexity index is 1230. The van der Waals surface area contributed by atoms with Crippen molar-refractivity contribution in [3.8, 4) is 10.4 Å². The predicted molar refractivity (Wildman–Crippen MR) is 123 cm³/mol. The predicted octanol–water partition coefficient (Wildman–Crippen LogP) is 6.37. The zero-order valence-corrected chi connectivity index (χ0v) is 17.5. The number of nitrogens with one attached hydrogen (secondary N) is 2. The molecule has 0 bridgehead atoms. The van der Waals surface area contributed by atoms with Crippen LogP contribution in [0.15, 0.2) is 84.2 Å². The fraction of sp³-hybridized carbons (Fsp3) is 0.0400. The lowest BCUT2D eigenvalue weighted by Crippen LogP contribution is -2.20. The van der Waals surface area contributed by atoms with E-state index in [4.69, 9.17) is 0 Å². The summed E-state index contributed by atoms with van der Waals surface area (Å²) in [6.07, 6.45) is 0. The summed E-state index contributed by atoms with van der Waals surface area (Å²) in [5.74, 6) is -1.22. The largest absolute Gasteiger partial charge is 0.322 e. The van der Waals surface area contributed by atoms with Gasteiger partial charge in [-0.25, -0.2) is 4.39 Å². The molecule has 0 spiro atoms. The molecule has 1 aromatic heterocycles. The molecule has 6 heteroatoms. The third-order valence-corrected chi connectivity index (χ3v) is 5.63. The van der Waals surface area contributed by atoms with E-state index in [9.17, 15) is 14.0 Å².